The first-order chi connectivity index (χ1) is 13.0. The van der Waals surface area contributed by atoms with Gasteiger partial charge in [0, 0.05) is 11.0 Å². The molecular weight excluding hydrogens is 441 g/mol. The summed E-state index contributed by atoms with van der Waals surface area (Å²) in [4.78, 5) is 23.0. The topological polar surface area (TPSA) is 89.3 Å². The number of nitro groups is 1. The molecule has 150 valence electrons. The van der Waals surface area contributed by atoms with Crippen molar-refractivity contribution in [2.75, 3.05) is 17.3 Å². The van der Waals surface area contributed by atoms with Crippen molar-refractivity contribution >= 4 is 51.4 Å². The molecule has 0 saturated carbocycles. The average Bonchev–Trinajstić information content (AvgIpc) is 2.61. The third-order valence-corrected chi connectivity index (χ3v) is 5.85. The van der Waals surface area contributed by atoms with Gasteiger partial charge in [0.2, 0.25) is 5.91 Å². The zero-order valence-corrected chi connectivity index (χ0v) is 16.5. The minimum atomic E-state index is -4.63. The van der Waals surface area contributed by atoms with E-state index in [1.165, 1.54) is 30.0 Å². The fraction of sp³-hybridized carbons (Fsp3) is 0.188. The summed E-state index contributed by atoms with van der Waals surface area (Å²) in [5, 5.41) is 13.2. The smallest absolute Gasteiger partial charge is 0.324 e. The number of carbonyl (C=O) groups is 1. The van der Waals surface area contributed by atoms with Gasteiger partial charge >= 0.3 is 6.18 Å². The van der Waals surface area contributed by atoms with Gasteiger partial charge in [0.25, 0.3) is 5.69 Å². The molecule has 0 fully saturated rings. The standard InChI is InChI=1S/C16H12ClF3N2O4S2/c1-27-10-3-5-14(13(7-10)22(24)25)28(26)8-15(23)21-12-6-9(16(18,19)20)2-4-11(12)17/h2-7H,8H2,1H3,(H,21,23). The van der Waals surface area contributed by atoms with Gasteiger partial charge in [-0.2, -0.15) is 13.2 Å². The van der Waals surface area contributed by atoms with E-state index >= 15 is 0 Å². The molecule has 0 bridgehead atoms. The van der Waals surface area contributed by atoms with Crippen molar-refractivity contribution in [3.05, 3.63) is 57.1 Å². The molecule has 0 saturated heterocycles. The Kier molecular flexibility index (Phi) is 7.07. The minimum Gasteiger partial charge on any atom is -0.324 e. The van der Waals surface area contributed by atoms with Gasteiger partial charge in [-0.3, -0.25) is 19.1 Å². The van der Waals surface area contributed by atoms with Crippen LogP contribution in [0.3, 0.4) is 0 Å². The number of nitrogens with one attached hydrogen (secondary N) is 1. The second-order valence-electron chi connectivity index (χ2n) is 5.32. The molecule has 2 aromatic carbocycles. The summed E-state index contributed by atoms with van der Waals surface area (Å²) in [5.74, 6) is -1.59. The van der Waals surface area contributed by atoms with E-state index in [4.69, 9.17) is 11.6 Å². The van der Waals surface area contributed by atoms with E-state index < -0.39 is 44.8 Å². The van der Waals surface area contributed by atoms with Gasteiger partial charge in [-0.05, 0) is 36.6 Å². The fourth-order valence-electron chi connectivity index (χ4n) is 2.14. The number of hydrogen-bond donors (Lipinski definition) is 1. The van der Waals surface area contributed by atoms with E-state index in [1.807, 2.05) is 0 Å². The highest BCUT2D eigenvalue weighted by Crippen LogP contribution is 2.34. The highest BCUT2D eigenvalue weighted by atomic mass is 35.5. The van der Waals surface area contributed by atoms with Crippen LogP contribution in [-0.2, 0) is 21.8 Å². The number of rotatable bonds is 6. The molecule has 0 radical (unpaired) electrons. The summed E-state index contributed by atoms with van der Waals surface area (Å²) >= 11 is 7.05. The van der Waals surface area contributed by atoms with E-state index in [9.17, 15) is 32.3 Å². The van der Waals surface area contributed by atoms with Crippen LogP contribution in [0.5, 0.6) is 0 Å². The Morgan fingerprint density at radius 1 is 1.29 bits per heavy atom. The Bertz CT molecular complexity index is 954. The number of alkyl halides is 3. The molecule has 1 atom stereocenters. The Morgan fingerprint density at radius 3 is 2.54 bits per heavy atom. The third kappa shape index (κ3) is 5.46. The van der Waals surface area contributed by atoms with E-state index in [0.717, 1.165) is 12.1 Å². The molecule has 0 aliphatic rings. The van der Waals surface area contributed by atoms with Crippen molar-refractivity contribution in [1.29, 1.82) is 0 Å². The van der Waals surface area contributed by atoms with Gasteiger partial charge in [-0.15, -0.1) is 11.8 Å². The van der Waals surface area contributed by atoms with Crippen molar-refractivity contribution < 1.29 is 27.1 Å². The quantitative estimate of drug-likeness (QED) is 0.388. The van der Waals surface area contributed by atoms with Crippen LogP contribution < -0.4 is 5.32 Å². The maximum absolute atomic E-state index is 12.8. The van der Waals surface area contributed by atoms with Crippen LogP contribution in [0.25, 0.3) is 0 Å². The Hall–Kier alpha value is -2.11. The van der Waals surface area contributed by atoms with Crippen LogP contribution in [0.2, 0.25) is 5.02 Å². The van der Waals surface area contributed by atoms with Crippen LogP contribution in [0.15, 0.2) is 46.2 Å². The first-order valence-corrected chi connectivity index (χ1v) is 10.3. The number of thioether (sulfide) groups is 1. The molecule has 1 amide bonds. The van der Waals surface area contributed by atoms with E-state index in [-0.39, 0.29) is 15.6 Å². The maximum atomic E-state index is 12.8. The highest BCUT2D eigenvalue weighted by molar-refractivity contribution is 7.98. The van der Waals surface area contributed by atoms with E-state index in [0.29, 0.717) is 11.0 Å². The number of benzene rings is 2. The SMILES string of the molecule is CSc1ccc(S(=O)CC(=O)Nc2cc(C(F)(F)F)ccc2Cl)c([N+](=O)[O-])c1. The molecule has 6 nitrogen and oxygen atoms in total. The molecule has 2 aromatic rings. The Balaban J connectivity index is 2.20. The van der Waals surface area contributed by atoms with Crippen LogP contribution in [0.4, 0.5) is 24.5 Å². The first kappa shape index (κ1) is 22.2. The van der Waals surface area contributed by atoms with Crippen LogP contribution in [-0.4, -0.2) is 27.0 Å². The van der Waals surface area contributed by atoms with Crippen molar-refractivity contribution in [3.63, 3.8) is 0 Å². The lowest BCUT2D eigenvalue weighted by Gasteiger charge is -2.11. The van der Waals surface area contributed by atoms with Crippen LogP contribution in [0, 0.1) is 10.1 Å². The number of hydrogen-bond acceptors (Lipinski definition) is 5. The van der Waals surface area contributed by atoms with Gasteiger partial charge in [0.15, 0.2) is 0 Å². The molecule has 0 aliphatic carbocycles. The second-order valence-corrected chi connectivity index (χ2v) is 8.03. The Morgan fingerprint density at radius 2 is 1.96 bits per heavy atom. The fourth-order valence-corrected chi connectivity index (χ4v) is 3.79. The number of halogens is 4. The molecule has 28 heavy (non-hydrogen) atoms. The van der Waals surface area contributed by atoms with Gasteiger partial charge < -0.3 is 5.32 Å². The van der Waals surface area contributed by atoms with Gasteiger partial charge in [0.1, 0.15) is 10.6 Å². The predicted molar refractivity (Wildman–Crippen MR) is 101 cm³/mol. The number of anilines is 1. The summed E-state index contributed by atoms with van der Waals surface area (Å²) in [6.07, 6.45) is -2.92. The predicted octanol–water partition coefficient (Wildman–Crippen LogP) is 4.74. The van der Waals surface area contributed by atoms with E-state index in [2.05, 4.69) is 5.32 Å². The molecule has 0 heterocycles. The molecule has 1 N–H and O–H groups in total. The zero-order valence-electron chi connectivity index (χ0n) is 14.1. The van der Waals surface area contributed by atoms with Gasteiger partial charge in [-0.1, -0.05) is 11.6 Å². The van der Waals surface area contributed by atoms with E-state index in [1.54, 1.807) is 6.26 Å². The summed E-state index contributed by atoms with van der Waals surface area (Å²) in [7, 11) is -2.09. The van der Waals surface area contributed by atoms with Crippen molar-refractivity contribution in [1.82, 2.24) is 0 Å². The van der Waals surface area contributed by atoms with Crippen molar-refractivity contribution in [2.24, 2.45) is 0 Å². The largest absolute Gasteiger partial charge is 0.416 e. The molecule has 2 rings (SSSR count). The van der Waals surface area contributed by atoms with Crippen molar-refractivity contribution in [2.45, 2.75) is 16.0 Å². The number of amides is 1. The summed E-state index contributed by atoms with van der Waals surface area (Å²) in [5.41, 5.74) is -1.72. The lowest BCUT2D eigenvalue weighted by molar-refractivity contribution is -0.388. The van der Waals surface area contributed by atoms with Crippen LogP contribution in [0.1, 0.15) is 5.56 Å². The highest BCUT2D eigenvalue weighted by Gasteiger charge is 2.31. The zero-order chi connectivity index (χ0) is 21.1. The average molecular weight is 453 g/mol. The van der Waals surface area contributed by atoms with Crippen molar-refractivity contribution in [3.8, 4) is 0 Å². The summed E-state index contributed by atoms with van der Waals surface area (Å²) in [6, 6.07) is 6.42. The monoisotopic (exact) mass is 452 g/mol. The summed E-state index contributed by atoms with van der Waals surface area (Å²) in [6.45, 7) is 0. The number of nitrogens with zero attached hydrogens (tertiary/aromatic N) is 1. The lowest BCUT2D eigenvalue weighted by Crippen LogP contribution is -2.20. The summed E-state index contributed by atoms with van der Waals surface area (Å²) < 4.78 is 50.7. The molecule has 12 heteroatoms. The molecule has 0 aromatic heterocycles. The maximum Gasteiger partial charge on any atom is 0.416 e. The lowest BCUT2D eigenvalue weighted by atomic mass is 10.2. The molecule has 0 spiro atoms. The first-order valence-electron chi connectivity index (χ1n) is 7.40. The minimum absolute atomic E-state index is 0.137. The molecule has 1 unspecified atom stereocenters. The molecular formula is C16H12ClF3N2O4S2. The number of carbonyl (C=O) groups excluding carboxylic acids is 1. The van der Waals surface area contributed by atoms with Gasteiger partial charge in [0.05, 0.1) is 32.0 Å². The number of nitro benzene ring substituents is 1. The second kappa shape index (κ2) is 8.93. The third-order valence-electron chi connectivity index (χ3n) is 3.44. The normalized spacial score (nSPS) is 12.5. The molecule has 0 aliphatic heterocycles. The Labute approximate surface area is 169 Å². The van der Waals surface area contributed by atoms with Crippen LogP contribution >= 0.6 is 23.4 Å². The van der Waals surface area contributed by atoms with Gasteiger partial charge in [-0.25, -0.2) is 0 Å².